The van der Waals surface area contributed by atoms with Crippen molar-refractivity contribution in [1.82, 2.24) is 4.98 Å². The summed E-state index contributed by atoms with van der Waals surface area (Å²) in [6.07, 6.45) is 1.70. The Labute approximate surface area is 210 Å². The van der Waals surface area contributed by atoms with Crippen molar-refractivity contribution in [3.05, 3.63) is 53.0 Å². The summed E-state index contributed by atoms with van der Waals surface area (Å²) in [6.45, 7) is 1.25. The van der Waals surface area contributed by atoms with Crippen LogP contribution < -0.4 is 23.8 Å². The molecule has 1 aliphatic rings. The van der Waals surface area contributed by atoms with Gasteiger partial charge < -0.3 is 23.8 Å². The van der Waals surface area contributed by atoms with Gasteiger partial charge in [-0.15, -0.1) is 11.3 Å². The van der Waals surface area contributed by atoms with Crippen LogP contribution in [0.25, 0.3) is 0 Å². The van der Waals surface area contributed by atoms with Gasteiger partial charge >= 0.3 is 0 Å². The molecule has 1 fully saturated rings. The quantitative estimate of drug-likeness (QED) is 0.416. The zero-order valence-electron chi connectivity index (χ0n) is 20.3. The Hall–Kier alpha value is -2.98. The predicted molar refractivity (Wildman–Crippen MR) is 136 cm³/mol. The predicted octanol–water partition coefficient (Wildman–Crippen LogP) is 4.21. The molecule has 3 aromatic rings. The van der Waals surface area contributed by atoms with E-state index in [4.69, 9.17) is 23.9 Å². The van der Waals surface area contributed by atoms with Gasteiger partial charge in [0.25, 0.3) is 0 Å². The molecular formula is C25H30N2O6S2. The minimum atomic E-state index is -3.53. The lowest BCUT2D eigenvalue weighted by molar-refractivity contribution is 0.385. The van der Waals surface area contributed by atoms with Gasteiger partial charge in [-0.2, -0.15) is 0 Å². The average molecular weight is 519 g/mol. The Morgan fingerprint density at radius 1 is 0.914 bits per heavy atom. The third-order valence-corrected chi connectivity index (χ3v) is 9.48. The number of methoxy groups -OCH3 is 4. The van der Waals surface area contributed by atoms with Gasteiger partial charge in [-0.3, -0.25) is 0 Å². The molecule has 0 atom stereocenters. The number of hydrogen-bond donors (Lipinski definition) is 0. The number of thiazole rings is 1. The molecule has 2 aromatic carbocycles. The monoisotopic (exact) mass is 518 g/mol. The van der Waals surface area contributed by atoms with Crippen molar-refractivity contribution in [3.8, 4) is 23.0 Å². The van der Waals surface area contributed by atoms with Gasteiger partial charge in [0.2, 0.25) is 0 Å². The first-order chi connectivity index (χ1) is 16.9. The van der Waals surface area contributed by atoms with E-state index >= 15 is 0 Å². The van der Waals surface area contributed by atoms with E-state index in [9.17, 15) is 8.42 Å². The maximum absolute atomic E-state index is 13.4. The van der Waals surface area contributed by atoms with Crippen LogP contribution in [-0.2, 0) is 16.3 Å². The molecular weight excluding hydrogens is 488 g/mol. The molecule has 35 heavy (non-hydrogen) atoms. The van der Waals surface area contributed by atoms with Crippen LogP contribution in [0.15, 0.2) is 46.7 Å². The lowest BCUT2D eigenvalue weighted by Gasteiger charge is -2.31. The zero-order valence-corrected chi connectivity index (χ0v) is 21.9. The molecule has 1 aliphatic heterocycles. The second kappa shape index (κ2) is 10.7. The highest BCUT2D eigenvalue weighted by Crippen LogP contribution is 2.35. The summed E-state index contributed by atoms with van der Waals surface area (Å²) >= 11 is 1.58. The second-order valence-electron chi connectivity index (χ2n) is 8.22. The molecule has 0 spiro atoms. The number of hydrogen-bond acceptors (Lipinski definition) is 9. The first-order valence-electron chi connectivity index (χ1n) is 11.3. The summed E-state index contributed by atoms with van der Waals surface area (Å²) in [4.78, 5) is 7.19. The Kier molecular flexibility index (Phi) is 7.71. The van der Waals surface area contributed by atoms with Gasteiger partial charge in [0.1, 0.15) is 27.9 Å². The minimum Gasteiger partial charge on any atom is -0.497 e. The molecule has 1 saturated heterocycles. The molecule has 0 bridgehead atoms. The number of rotatable bonds is 9. The molecule has 4 rings (SSSR count). The van der Waals surface area contributed by atoms with Crippen molar-refractivity contribution in [2.75, 3.05) is 46.4 Å². The molecule has 0 saturated carbocycles. The molecule has 1 aromatic heterocycles. The summed E-state index contributed by atoms with van der Waals surface area (Å²) in [5.74, 6) is 2.38. The molecule has 188 valence electrons. The maximum Gasteiger partial charge on any atom is 0.185 e. The molecule has 0 unspecified atom stereocenters. The normalized spacial score (nSPS) is 14.6. The molecule has 0 amide bonds. The van der Waals surface area contributed by atoms with Crippen LogP contribution in [0, 0.1) is 0 Å². The first kappa shape index (κ1) is 25.1. The Morgan fingerprint density at radius 3 is 2.17 bits per heavy atom. The number of nitrogens with zero attached hydrogens (tertiary/aromatic N) is 2. The minimum absolute atomic E-state index is 0.212. The largest absolute Gasteiger partial charge is 0.497 e. The van der Waals surface area contributed by atoms with Crippen LogP contribution in [0.1, 0.15) is 24.1 Å². The van der Waals surface area contributed by atoms with Crippen molar-refractivity contribution in [3.63, 3.8) is 0 Å². The highest BCUT2D eigenvalue weighted by atomic mass is 32.2. The fraction of sp³-hybridized carbons (Fsp3) is 0.400. The summed E-state index contributed by atoms with van der Waals surface area (Å²) in [5, 5.41) is 2.48. The summed E-state index contributed by atoms with van der Waals surface area (Å²) in [5.41, 5.74) is 1.98. The third-order valence-electron chi connectivity index (χ3n) is 6.23. The van der Waals surface area contributed by atoms with Crippen LogP contribution in [0.2, 0.25) is 0 Å². The van der Waals surface area contributed by atoms with E-state index in [-0.39, 0.29) is 4.90 Å². The van der Waals surface area contributed by atoms with Gasteiger partial charge in [-0.25, -0.2) is 13.4 Å². The van der Waals surface area contributed by atoms with Gasteiger partial charge in [0, 0.05) is 42.6 Å². The van der Waals surface area contributed by atoms with Crippen LogP contribution >= 0.6 is 11.3 Å². The van der Waals surface area contributed by atoms with Crippen LogP contribution in [0.5, 0.6) is 23.0 Å². The van der Waals surface area contributed by atoms with Crippen molar-refractivity contribution in [1.29, 1.82) is 0 Å². The van der Waals surface area contributed by atoms with Crippen molar-refractivity contribution in [2.45, 2.75) is 29.4 Å². The van der Waals surface area contributed by atoms with Crippen molar-refractivity contribution >= 4 is 26.3 Å². The fourth-order valence-corrected chi connectivity index (χ4v) is 7.01. The second-order valence-corrected chi connectivity index (χ2v) is 11.3. The van der Waals surface area contributed by atoms with E-state index in [1.54, 1.807) is 43.8 Å². The number of piperidine rings is 1. The average Bonchev–Trinajstić information content (AvgIpc) is 3.37. The number of aromatic nitrogens is 1. The van der Waals surface area contributed by atoms with E-state index in [0.717, 1.165) is 27.9 Å². The molecule has 8 nitrogen and oxygen atoms in total. The van der Waals surface area contributed by atoms with E-state index < -0.39 is 15.1 Å². The first-order valence-corrected chi connectivity index (χ1v) is 13.7. The zero-order chi connectivity index (χ0) is 25.0. The van der Waals surface area contributed by atoms with Gasteiger partial charge in [-0.05, 0) is 31.0 Å². The van der Waals surface area contributed by atoms with Gasteiger partial charge in [-0.1, -0.05) is 6.07 Å². The number of anilines is 1. The molecule has 0 N–H and O–H groups in total. The van der Waals surface area contributed by atoms with Crippen LogP contribution in [0.3, 0.4) is 0 Å². The standard InChI is InChI=1S/C25H30N2O6S2/c1-30-19-6-5-17(22(14-19)32-3)13-18-16-34-25(26-18)27-11-9-21(10-12-27)35(28,29)24-8-7-20(31-2)15-23(24)33-4/h5-8,14-16,21H,9-13H2,1-4H3. The van der Waals surface area contributed by atoms with Gasteiger partial charge in [0.15, 0.2) is 15.0 Å². The summed E-state index contributed by atoms with van der Waals surface area (Å²) in [7, 11) is 2.75. The molecule has 10 heteroatoms. The smallest absolute Gasteiger partial charge is 0.185 e. The van der Waals surface area contributed by atoms with E-state index in [0.29, 0.717) is 43.9 Å². The number of sulfone groups is 1. The van der Waals surface area contributed by atoms with Crippen LogP contribution in [-0.4, -0.2) is 60.2 Å². The highest BCUT2D eigenvalue weighted by molar-refractivity contribution is 7.92. The van der Waals surface area contributed by atoms with Crippen molar-refractivity contribution in [2.24, 2.45) is 0 Å². The SMILES string of the molecule is COc1ccc(Cc2csc(N3CCC(S(=O)(=O)c4ccc(OC)cc4OC)CC3)n2)c(OC)c1. The Bertz CT molecular complexity index is 1270. The number of benzene rings is 2. The van der Waals surface area contributed by atoms with Crippen molar-refractivity contribution < 1.29 is 27.4 Å². The topological polar surface area (TPSA) is 87.2 Å². The molecule has 2 heterocycles. The van der Waals surface area contributed by atoms with Gasteiger partial charge in [0.05, 0.1) is 39.4 Å². The Morgan fingerprint density at radius 2 is 1.54 bits per heavy atom. The molecule has 0 radical (unpaired) electrons. The highest BCUT2D eigenvalue weighted by Gasteiger charge is 2.34. The molecule has 0 aliphatic carbocycles. The fourth-order valence-electron chi connectivity index (χ4n) is 4.26. The summed E-state index contributed by atoms with van der Waals surface area (Å²) < 4.78 is 48.0. The third kappa shape index (κ3) is 5.33. The maximum atomic E-state index is 13.4. The lowest BCUT2D eigenvalue weighted by Crippen LogP contribution is -2.39. The van der Waals surface area contributed by atoms with E-state index in [2.05, 4.69) is 4.90 Å². The van der Waals surface area contributed by atoms with E-state index in [1.165, 1.54) is 14.2 Å². The lowest BCUT2D eigenvalue weighted by atomic mass is 10.1. The van der Waals surface area contributed by atoms with E-state index in [1.807, 2.05) is 23.6 Å². The van der Waals surface area contributed by atoms with Crippen LogP contribution in [0.4, 0.5) is 5.13 Å². The number of ether oxygens (including phenoxy) is 4. The summed E-state index contributed by atoms with van der Waals surface area (Å²) in [6, 6.07) is 10.6. The Balaban J connectivity index is 1.43.